The van der Waals surface area contributed by atoms with E-state index in [9.17, 15) is 0 Å². The van der Waals surface area contributed by atoms with E-state index in [1.165, 1.54) is 16.7 Å². The lowest BCUT2D eigenvalue weighted by molar-refractivity contribution is 0.176. The fourth-order valence-electron chi connectivity index (χ4n) is 4.13. The molecule has 0 radical (unpaired) electrons. The van der Waals surface area contributed by atoms with Gasteiger partial charge in [0.05, 0.1) is 0 Å². The maximum atomic E-state index is 4.35. The molecule has 130 valence electrons. The summed E-state index contributed by atoms with van der Waals surface area (Å²) in [6, 6.07) is 17.8. The normalized spacial score (nSPS) is 12.7. The number of thiol groups is 1. The first-order valence-corrected chi connectivity index (χ1v) is 9.39. The lowest BCUT2D eigenvalue weighted by atomic mass is 9.63. The first kappa shape index (κ1) is 19.1. The second kappa shape index (κ2) is 7.35. The Kier molecular flexibility index (Phi) is 5.86. The van der Waals surface area contributed by atoms with Crippen molar-refractivity contribution < 1.29 is 0 Å². The average Bonchev–Trinajstić information content (AvgIpc) is 2.45. The van der Waals surface area contributed by atoms with Crippen molar-refractivity contribution in [1.29, 1.82) is 0 Å². The van der Waals surface area contributed by atoms with Crippen LogP contribution in [0, 0.1) is 10.8 Å². The molecule has 0 fully saturated rings. The van der Waals surface area contributed by atoms with Crippen molar-refractivity contribution in [3.63, 3.8) is 0 Å². The van der Waals surface area contributed by atoms with Gasteiger partial charge in [-0.25, -0.2) is 0 Å². The number of aryl methyl sites for hydroxylation is 2. The van der Waals surface area contributed by atoms with Crippen LogP contribution in [0.1, 0.15) is 64.2 Å². The van der Waals surface area contributed by atoms with E-state index in [4.69, 9.17) is 0 Å². The Morgan fingerprint density at radius 1 is 0.667 bits per heavy atom. The molecule has 2 rings (SSSR count). The molecule has 0 heterocycles. The summed E-state index contributed by atoms with van der Waals surface area (Å²) in [4.78, 5) is 1.03. The predicted molar refractivity (Wildman–Crippen MR) is 109 cm³/mol. The Labute approximate surface area is 154 Å². The lowest BCUT2D eigenvalue weighted by Crippen LogP contribution is -2.30. The van der Waals surface area contributed by atoms with Gasteiger partial charge in [-0.1, -0.05) is 77.9 Å². The standard InChI is InChI=1S/C23H32S/c1-22(2,3)21(23(4,5)6)19-13-9-17(10-14-19)7-8-18-11-15-20(24)16-12-18/h9-16,21,24H,7-8H2,1-6H3. The third-order valence-electron chi connectivity index (χ3n) is 4.68. The molecule has 1 heteroatoms. The van der Waals surface area contributed by atoms with Crippen molar-refractivity contribution in [1.82, 2.24) is 0 Å². The highest BCUT2D eigenvalue weighted by atomic mass is 32.1. The van der Waals surface area contributed by atoms with E-state index in [-0.39, 0.29) is 10.8 Å². The van der Waals surface area contributed by atoms with Crippen LogP contribution in [0.5, 0.6) is 0 Å². The predicted octanol–water partition coefficient (Wildman–Crippen LogP) is 6.94. The molecule has 0 aliphatic rings. The fraction of sp³-hybridized carbons (Fsp3) is 0.478. The summed E-state index contributed by atoms with van der Waals surface area (Å²) in [7, 11) is 0. The smallest absolute Gasteiger partial charge is 0.00401 e. The first-order valence-electron chi connectivity index (χ1n) is 8.94. The zero-order valence-electron chi connectivity index (χ0n) is 16.1. The van der Waals surface area contributed by atoms with E-state index in [1.807, 2.05) is 0 Å². The summed E-state index contributed by atoms with van der Waals surface area (Å²) in [5, 5.41) is 0. The lowest BCUT2D eigenvalue weighted by Gasteiger charge is -2.41. The van der Waals surface area contributed by atoms with Crippen molar-refractivity contribution in [3.8, 4) is 0 Å². The number of hydrogen-bond acceptors (Lipinski definition) is 1. The van der Waals surface area contributed by atoms with E-state index in [0.717, 1.165) is 17.7 Å². The fourth-order valence-corrected chi connectivity index (χ4v) is 4.28. The Balaban J connectivity index is 2.10. The molecule has 0 atom stereocenters. The van der Waals surface area contributed by atoms with E-state index < -0.39 is 0 Å². The summed E-state index contributed by atoms with van der Waals surface area (Å²) >= 11 is 4.35. The molecule has 0 N–H and O–H groups in total. The Morgan fingerprint density at radius 3 is 1.42 bits per heavy atom. The molecule has 2 aromatic carbocycles. The quantitative estimate of drug-likeness (QED) is 0.573. The maximum absolute atomic E-state index is 4.35. The van der Waals surface area contributed by atoms with Crippen LogP contribution in [-0.2, 0) is 12.8 Å². The second-order valence-electron chi connectivity index (χ2n) is 9.07. The summed E-state index contributed by atoms with van der Waals surface area (Å²) in [5.41, 5.74) is 4.76. The van der Waals surface area contributed by atoms with Gasteiger partial charge in [0.15, 0.2) is 0 Å². The SMILES string of the molecule is CC(C)(C)C(c1ccc(CCc2ccc(S)cc2)cc1)C(C)(C)C. The van der Waals surface area contributed by atoms with Gasteiger partial charge >= 0.3 is 0 Å². The van der Waals surface area contributed by atoms with Crippen LogP contribution in [-0.4, -0.2) is 0 Å². The highest BCUT2D eigenvalue weighted by molar-refractivity contribution is 7.80. The second-order valence-corrected chi connectivity index (χ2v) is 9.59. The van der Waals surface area contributed by atoms with Gasteiger partial charge in [0.1, 0.15) is 0 Å². The van der Waals surface area contributed by atoms with Gasteiger partial charge in [0.25, 0.3) is 0 Å². The molecule has 0 nitrogen and oxygen atoms in total. The Morgan fingerprint density at radius 2 is 1.04 bits per heavy atom. The van der Waals surface area contributed by atoms with Crippen molar-refractivity contribution in [2.24, 2.45) is 10.8 Å². The van der Waals surface area contributed by atoms with Crippen molar-refractivity contribution in [2.45, 2.75) is 65.2 Å². The van der Waals surface area contributed by atoms with Gasteiger partial charge in [-0.2, -0.15) is 0 Å². The third kappa shape index (κ3) is 5.14. The molecular formula is C23H32S. The van der Waals surface area contributed by atoms with Gasteiger partial charge in [0.2, 0.25) is 0 Å². The molecule has 0 saturated heterocycles. The van der Waals surface area contributed by atoms with Crippen LogP contribution >= 0.6 is 12.6 Å². The van der Waals surface area contributed by atoms with Gasteiger partial charge in [-0.3, -0.25) is 0 Å². The van der Waals surface area contributed by atoms with E-state index in [1.54, 1.807) is 0 Å². The van der Waals surface area contributed by atoms with Gasteiger partial charge in [0, 0.05) is 4.90 Å². The first-order chi connectivity index (χ1) is 11.1. The monoisotopic (exact) mass is 340 g/mol. The van der Waals surface area contributed by atoms with E-state index >= 15 is 0 Å². The van der Waals surface area contributed by atoms with E-state index in [2.05, 4.69) is 103 Å². The number of benzene rings is 2. The Hall–Kier alpha value is -1.21. The van der Waals surface area contributed by atoms with Crippen molar-refractivity contribution in [2.75, 3.05) is 0 Å². The summed E-state index contributed by atoms with van der Waals surface area (Å²) in [6.07, 6.45) is 2.16. The van der Waals surface area contributed by atoms with Crippen LogP contribution in [0.3, 0.4) is 0 Å². The van der Waals surface area contributed by atoms with Crippen molar-refractivity contribution >= 4 is 12.6 Å². The third-order valence-corrected chi connectivity index (χ3v) is 4.98. The van der Waals surface area contributed by atoms with Crippen LogP contribution in [0.25, 0.3) is 0 Å². The summed E-state index contributed by atoms with van der Waals surface area (Å²) in [6.45, 7) is 14.1. The molecule has 0 bridgehead atoms. The van der Waals surface area contributed by atoms with Crippen LogP contribution in [0.15, 0.2) is 53.4 Å². The molecule has 0 amide bonds. The average molecular weight is 341 g/mol. The van der Waals surface area contributed by atoms with Crippen molar-refractivity contribution in [3.05, 3.63) is 65.2 Å². The molecule has 0 aliphatic heterocycles. The zero-order valence-corrected chi connectivity index (χ0v) is 17.0. The van der Waals surface area contributed by atoms with Gasteiger partial charge in [-0.05, 0) is 58.4 Å². The minimum absolute atomic E-state index is 0.258. The summed E-state index contributed by atoms with van der Waals surface area (Å²) in [5.74, 6) is 0.544. The van der Waals surface area contributed by atoms with Crippen LogP contribution in [0.4, 0.5) is 0 Å². The molecular weight excluding hydrogens is 308 g/mol. The molecule has 2 aromatic rings. The van der Waals surface area contributed by atoms with Gasteiger partial charge < -0.3 is 0 Å². The maximum Gasteiger partial charge on any atom is 0.00401 e. The Bertz CT molecular complexity index is 622. The largest absolute Gasteiger partial charge is 0.143 e. The molecule has 0 aliphatic carbocycles. The number of hydrogen-bond donors (Lipinski definition) is 1. The van der Waals surface area contributed by atoms with Gasteiger partial charge in [-0.15, -0.1) is 12.6 Å². The van der Waals surface area contributed by atoms with E-state index in [0.29, 0.717) is 5.92 Å². The summed E-state index contributed by atoms with van der Waals surface area (Å²) < 4.78 is 0. The minimum Gasteiger partial charge on any atom is -0.143 e. The minimum atomic E-state index is 0.258. The molecule has 0 saturated carbocycles. The number of rotatable bonds is 4. The molecule has 0 unspecified atom stereocenters. The molecule has 0 spiro atoms. The molecule has 24 heavy (non-hydrogen) atoms. The zero-order chi connectivity index (χ0) is 18.0. The highest BCUT2D eigenvalue weighted by Crippen LogP contribution is 2.47. The van der Waals surface area contributed by atoms with Crippen LogP contribution < -0.4 is 0 Å². The highest BCUT2D eigenvalue weighted by Gasteiger charge is 2.35. The molecule has 0 aromatic heterocycles. The van der Waals surface area contributed by atoms with Crippen LogP contribution in [0.2, 0.25) is 0 Å². The topological polar surface area (TPSA) is 0 Å².